The van der Waals surface area contributed by atoms with Crippen molar-refractivity contribution in [3.8, 4) is 0 Å². The first-order chi connectivity index (χ1) is 13.7. The van der Waals surface area contributed by atoms with Crippen LogP contribution in [-0.4, -0.2) is 29.3 Å². The monoisotopic (exact) mass is 376 g/mol. The van der Waals surface area contributed by atoms with Gasteiger partial charge >= 0.3 is 6.03 Å². The molecule has 0 bridgehead atoms. The molecule has 3 rings (SSSR count). The van der Waals surface area contributed by atoms with Gasteiger partial charge in [0, 0.05) is 30.2 Å². The first-order valence-corrected chi connectivity index (χ1v) is 9.26. The van der Waals surface area contributed by atoms with Gasteiger partial charge in [-0.15, -0.1) is 10.2 Å². The average molecular weight is 376 g/mol. The standard InChI is InChI=1S/C21H24N6O/c1-3-27(4-2)18-12-10-17(11-13-18)22-19-14-15-20(26-25-19)24-21(28)23-16-8-6-5-7-9-16/h5-15H,3-4H2,1-2H3,(H,22,25)(H2,23,24,26,28). The van der Waals surface area contributed by atoms with Crippen LogP contribution in [0.3, 0.4) is 0 Å². The fourth-order valence-electron chi connectivity index (χ4n) is 2.76. The molecule has 0 aliphatic heterocycles. The van der Waals surface area contributed by atoms with Crippen molar-refractivity contribution in [3.05, 3.63) is 66.7 Å². The summed E-state index contributed by atoms with van der Waals surface area (Å²) in [5.41, 5.74) is 2.82. The van der Waals surface area contributed by atoms with E-state index in [0.29, 0.717) is 17.3 Å². The van der Waals surface area contributed by atoms with Gasteiger partial charge in [-0.3, -0.25) is 5.32 Å². The van der Waals surface area contributed by atoms with Gasteiger partial charge in [-0.1, -0.05) is 18.2 Å². The lowest BCUT2D eigenvalue weighted by Crippen LogP contribution is -2.21. The Bertz CT molecular complexity index is 877. The smallest absolute Gasteiger partial charge is 0.324 e. The molecule has 0 aliphatic rings. The number of hydrogen-bond acceptors (Lipinski definition) is 5. The number of benzene rings is 2. The molecule has 144 valence electrons. The molecule has 0 saturated heterocycles. The zero-order valence-corrected chi connectivity index (χ0v) is 16.0. The predicted molar refractivity (Wildman–Crippen MR) is 114 cm³/mol. The van der Waals surface area contributed by atoms with Crippen LogP contribution in [0.4, 0.5) is 33.5 Å². The molecule has 0 fully saturated rings. The highest BCUT2D eigenvalue weighted by molar-refractivity contribution is 5.99. The maximum atomic E-state index is 12.0. The van der Waals surface area contributed by atoms with Gasteiger partial charge in [-0.2, -0.15) is 0 Å². The van der Waals surface area contributed by atoms with Crippen molar-refractivity contribution in [1.82, 2.24) is 10.2 Å². The second kappa shape index (κ2) is 9.36. The van der Waals surface area contributed by atoms with Crippen LogP contribution in [0.2, 0.25) is 0 Å². The molecule has 7 heteroatoms. The lowest BCUT2D eigenvalue weighted by Gasteiger charge is -2.21. The average Bonchev–Trinajstić information content (AvgIpc) is 2.72. The van der Waals surface area contributed by atoms with E-state index in [0.717, 1.165) is 18.8 Å². The number of anilines is 5. The van der Waals surface area contributed by atoms with Gasteiger partial charge < -0.3 is 15.5 Å². The lowest BCUT2D eigenvalue weighted by molar-refractivity contribution is 0.262. The van der Waals surface area contributed by atoms with E-state index < -0.39 is 0 Å². The van der Waals surface area contributed by atoms with Crippen molar-refractivity contribution in [3.63, 3.8) is 0 Å². The highest BCUT2D eigenvalue weighted by Crippen LogP contribution is 2.20. The second-order valence-corrected chi connectivity index (χ2v) is 6.09. The molecule has 0 saturated carbocycles. The Labute approximate surface area is 164 Å². The van der Waals surface area contributed by atoms with Crippen LogP contribution in [0.15, 0.2) is 66.7 Å². The summed E-state index contributed by atoms with van der Waals surface area (Å²) in [4.78, 5) is 14.3. The van der Waals surface area contributed by atoms with Crippen molar-refractivity contribution in [2.24, 2.45) is 0 Å². The van der Waals surface area contributed by atoms with E-state index in [1.165, 1.54) is 5.69 Å². The largest absolute Gasteiger partial charge is 0.372 e. The van der Waals surface area contributed by atoms with Crippen molar-refractivity contribution < 1.29 is 4.79 Å². The Hall–Kier alpha value is -3.61. The molecule has 2 aromatic carbocycles. The summed E-state index contributed by atoms with van der Waals surface area (Å²) in [6, 6.07) is 20.5. The summed E-state index contributed by atoms with van der Waals surface area (Å²) in [5.74, 6) is 0.973. The number of carbonyl (C=O) groups is 1. The van der Waals surface area contributed by atoms with Gasteiger partial charge in [0.25, 0.3) is 0 Å². The van der Waals surface area contributed by atoms with Crippen molar-refractivity contribution in [1.29, 1.82) is 0 Å². The third kappa shape index (κ3) is 5.20. The maximum absolute atomic E-state index is 12.0. The number of amides is 2. The van der Waals surface area contributed by atoms with Crippen LogP contribution < -0.4 is 20.9 Å². The number of nitrogens with one attached hydrogen (secondary N) is 3. The van der Waals surface area contributed by atoms with Crippen molar-refractivity contribution in [2.45, 2.75) is 13.8 Å². The number of nitrogens with zero attached hydrogens (tertiary/aromatic N) is 3. The SMILES string of the molecule is CCN(CC)c1ccc(Nc2ccc(NC(=O)Nc3ccccc3)nn2)cc1. The van der Waals surface area contributed by atoms with Crippen LogP contribution in [0.5, 0.6) is 0 Å². The predicted octanol–water partition coefficient (Wildman–Crippen LogP) is 4.71. The second-order valence-electron chi connectivity index (χ2n) is 6.09. The molecule has 7 nitrogen and oxygen atoms in total. The highest BCUT2D eigenvalue weighted by atomic mass is 16.2. The Balaban J connectivity index is 1.56. The zero-order valence-electron chi connectivity index (χ0n) is 16.0. The molecular weight excluding hydrogens is 352 g/mol. The summed E-state index contributed by atoms with van der Waals surface area (Å²) < 4.78 is 0. The van der Waals surface area contributed by atoms with E-state index in [-0.39, 0.29) is 6.03 Å². The number of hydrogen-bond donors (Lipinski definition) is 3. The van der Waals surface area contributed by atoms with E-state index in [1.807, 2.05) is 42.5 Å². The molecule has 0 radical (unpaired) electrons. The van der Waals surface area contributed by atoms with Gasteiger partial charge in [0.05, 0.1) is 0 Å². The number of aromatic nitrogens is 2. The molecular formula is C21H24N6O. The lowest BCUT2D eigenvalue weighted by atomic mass is 10.2. The van der Waals surface area contributed by atoms with Gasteiger partial charge in [0.15, 0.2) is 11.6 Å². The van der Waals surface area contributed by atoms with Gasteiger partial charge in [0.1, 0.15) is 0 Å². The fourth-order valence-corrected chi connectivity index (χ4v) is 2.76. The van der Waals surface area contributed by atoms with Crippen LogP contribution in [0, 0.1) is 0 Å². The van der Waals surface area contributed by atoms with E-state index in [2.05, 4.69) is 57.0 Å². The zero-order chi connectivity index (χ0) is 19.8. The summed E-state index contributed by atoms with van der Waals surface area (Å²) in [6.45, 7) is 6.23. The maximum Gasteiger partial charge on any atom is 0.324 e. The van der Waals surface area contributed by atoms with E-state index in [4.69, 9.17) is 0 Å². The number of carbonyl (C=O) groups excluding carboxylic acids is 1. The summed E-state index contributed by atoms with van der Waals surface area (Å²) >= 11 is 0. The fraction of sp³-hybridized carbons (Fsp3) is 0.190. The minimum Gasteiger partial charge on any atom is -0.372 e. The minimum atomic E-state index is -0.367. The molecule has 1 heterocycles. The van der Waals surface area contributed by atoms with Crippen LogP contribution in [0.1, 0.15) is 13.8 Å². The van der Waals surface area contributed by atoms with Crippen molar-refractivity contribution in [2.75, 3.05) is 33.9 Å². The third-order valence-corrected chi connectivity index (χ3v) is 4.21. The topological polar surface area (TPSA) is 82.2 Å². The van der Waals surface area contributed by atoms with Crippen LogP contribution >= 0.6 is 0 Å². The van der Waals surface area contributed by atoms with Crippen molar-refractivity contribution >= 4 is 34.7 Å². The molecule has 0 atom stereocenters. The summed E-state index contributed by atoms with van der Waals surface area (Å²) in [6.07, 6.45) is 0. The van der Waals surface area contributed by atoms with Gasteiger partial charge in [-0.25, -0.2) is 4.79 Å². The Kier molecular flexibility index (Phi) is 6.41. The normalized spacial score (nSPS) is 10.2. The molecule has 0 spiro atoms. The Morgan fingerprint density at radius 2 is 1.43 bits per heavy atom. The molecule has 0 unspecified atom stereocenters. The van der Waals surface area contributed by atoms with E-state index in [1.54, 1.807) is 12.1 Å². The quantitative estimate of drug-likeness (QED) is 0.556. The first kappa shape index (κ1) is 19.2. The molecule has 3 N–H and O–H groups in total. The third-order valence-electron chi connectivity index (χ3n) is 4.21. The molecule has 28 heavy (non-hydrogen) atoms. The summed E-state index contributed by atoms with van der Waals surface area (Å²) in [7, 11) is 0. The summed E-state index contributed by atoms with van der Waals surface area (Å²) in [5, 5.41) is 16.7. The van der Waals surface area contributed by atoms with Crippen LogP contribution in [0.25, 0.3) is 0 Å². The first-order valence-electron chi connectivity index (χ1n) is 9.26. The molecule has 3 aromatic rings. The van der Waals surface area contributed by atoms with E-state index in [9.17, 15) is 4.79 Å². The number of urea groups is 1. The molecule has 0 aliphatic carbocycles. The Morgan fingerprint density at radius 3 is 2.04 bits per heavy atom. The van der Waals surface area contributed by atoms with Gasteiger partial charge in [0.2, 0.25) is 0 Å². The number of rotatable bonds is 7. The molecule has 1 aromatic heterocycles. The van der Waals surface area contributed by atoms with Crippen LogP contribution in [-0.2, 0) is 0 Å². The minimum absolute atomic E-state index is 0.367. The highest BCUT2D eigenvalue weighted by Gasteiger charge is 2.05. The molecule has 2 amide bonds. The van der Waals surface area contributed by atoms with E-state index >= 15 is 0 Å². The number of para-hydroxylation sites is 1. The van der Waals surface area contributed by atoms with Gasteiger partial charge in [-0.05, 0) is 62.4 Å². The Morgan fingerprint density at radius 1 is 0.786 bits per heavy atom.